The monoisotopic (exact) mass is 306 g/mol. The van der Waals surface area contributed by atoms with E-state index in [1.54, 1.807) is 24.5 Å². The van der Waals surface area contributed by atoms with Crippen molar-refractivity contribution in [2.45, 2.75) is 6.92 Å². The summed E-state index contributed by atoms with van der Waals surface area (Å²) in [4.78, 5) is 19.9. The topological polar surface area (TPSA) is 72.8 Å². The highest BCUT2D eigenvalue weighted by molar-refractivity contribution is 5.93. The third-order valence-electron chi connectivity index (χ3n) is 3.85. The molecule has 3 heterocycles. The van der Waals surface area contributed by atoms with Crippen LogP contribution in [0.2, 0.25) is 0 Å². The van der Waals surface area contributed by atoms with Crippen LogP contribution in [0.25, 0.3) is 27.8 Å². The summed E-state index contributed by atoms with van der Waals surface area (Å²) in [5.41, 5.74) is 3.78. The molecule has 1 aromatic heterocycles. The highest BCUT2D eigenvalue weighted by atomic mass is 16.5. The number of aromatic amines is 1. The number of hydrogen-bond acceptors (Lipinski definition) is 4. The molecule has 0 fully saturated rings. The first kappa shape index (κ1) is 13.5. The Labute approximate surface area is 131 Å². The number of pyridine rings is 2. The van der Waals surface area contributed by atoms with Crippen LogP contribution in [0.1, 0.15) is 5.56 Å². The number of rotatable bonds is 2. The quantitative estimate of drug-likeness (QED) is 0.617. The van der Waals surface area contributed by atoms with Crippen molar-refractivity contribution >= 4 is 10.9 Å². The Morgan fingerprint density at radius 3 is 2.91 bits per heavy atom. The van der Waals surface area contributed by atoms with Crippen LogP contribution in [-0.4, -0.2) is 26.9 Å². The molecule has 2 aliphatic heterocycles. The van der Waals surface area contributed by atoms with Crippen LogP contribution in [0, 0.1) is 6.92 Å². The third-order valence-corrected chi connectivity index (χ3v) is 3.85. The number of nitrogens with zero attached hydrogens (tertiary/aromatic N) is 3. The van der Waals surface area contributed by atoms with Gasteiger partial charge in [-0.3, -0.25) is 4.79 Å². The molecule has 114 valence electrons. The summed E-state index contributed by atoms with van der Waals surface area (Å²) in [7, 11) is 1.54. The maximum atomic E-state index is 12.7. The minimum absolute atomic E-state index is 0.174. The van der Waals surface area contributed by atoms with E-state index in [0.29, 0.717) is 22.8 Å². The standard InChI is InChI=1S/C17H14N4O2/c1-10-3-4-12-14(7-10)19-9-13-16(12)20-21(17(13)22)11-5-6-18-15(8-11)23-2/h3-9,19H,1-2H3. The molecule has 0 saturated heterocycles. The summed E-state index contributed by atoms with van der Waals surface area (Å²) in [6.07, 6.45) is 3.30. The van der Waals surface area contributed by atoms with Crippen LogP contribution in [-0.2, 0) is 0 Å². The molecule has 0 radical (unpaired) electrons. The van der Waals surface area contributed by atoms with E-state index in [1.165, 1.54) is 11.8 Å². The van der Waals surface area contributed by atoms with Gasteiger partial charge < -0.3 is 9.72 Å². The van der Waals surface area contributed by atoms with Crippen LogP contribution in [0.3, 0.4) is 0 Å². The second kappa shape index (κ2) is 4.95. The molecule has 0 atom stereocenters. The van der Waals surface area contributed by atoms with E-state index in [1.807, 2.05) is 25.1 Å². The number of aromatic nitrogens is 4. The van der Waals surface area contributed by atoms with Crippen molar-refractivity contribution in [2.75, 3.05) is 7.11 Å². The predicted octanol–water partition coefficient (Wildman–Crippen LogP) is 2.53. The SMILES string of the molecule is COc1cc(-n2nc3c4ccc(C)cc4[nH]cc-3c2=O)ccn1. The molecule has 0 aliphatic carbocycles. The summed E-state index contributed by atoms with van der Waals surface area (Å²) in [6, 6.07) is 9.44. The maximum Gasteiger partial charge on any atom is 0.282 e. The molecule has 2 aliphatic rings. The molecule has 0 bridgehead atoms. The minimum atomic E-state index is -0.174. The Hall–Kier alpha value is -3.15. The van der Waals surface area contributed by atoms with Gasteiger partial charge in [0.15, 0.2) is 0 Å². The van der Waals surface area contributed by atoms with E-state index in [0.717, 1.165) is 16.5 Å². The number of aryl methyl sites for hydroxylation is 1. The van der Waals surface area contributed by atoms with Crippen molar-refractivity contribution in [1.82, 2.24) is 19.7 Å². The Kier molecular flexibility index (Phi) is 2.90. The molecular weight excluding hydrogens is 292 g/mol. The first-order valence-electron chi connectivity index (χ1n) is 7.18. The highest BCUT2D eigenvalue weighted by Crippen LogP contribution is 2.26. The van der Waals surface area contributed by atoms with Gasteiger partial charge in [-0.25, -0.2) is 4.98 Å². The number of H-pyrrole nitrogens is 1. The predicted molar refractivity (Wildman–Crippen MR) is 87.4 cm³/mol. The van der Waals surface area contributed by atoms with Gasteiger partial charge in [0.2, 0.25) is 5.88 Å². The van der Waals surface area contributed by atoms with Crippen LogP contribution < -0.4 is 10.3 Å². The van der Waals surface area contributed by atoms with Crippen LogP contribution in [0.5, 0.6) is 5.88 Å². The van der Waals surface area contributed by atoms with Gasteiger partial charge in [0.05, 0.1) is 18.4 Å². The molecule has 0 spiro atoms. The number of nitrogens with one attached hydrogen (secondary N) is 1. The summed E-state index contributed by atoms with van der Waals surface area (Å²) >= 11 is 0. The minimum Gasteiger partial charge on any atom is -0.481 e. The number of methoxy groups -OCH3 is 1. The first-order valence-corrected chi connectivity index (χ1v) is 7.18. The summed E-state index contributed by atoms with van der Waals surface area (Å²) < 4.78 is 6.49. The van der Waals surface area contributed by atoms with E-state index in [2.05, 4.69) is 15.1 Å². The molecular formula is C17H14N4O2. The Balaban J connectivity index is 2.01. The zero-order chi connectivity index (χ0) is 16.0. The lowest BCUT2D eigenvalue weighted by Gasteiger charge is -2.03. The zero-order valence-electron chi connectivity index (χ0n) is 12.7. The molecule has 2 aromatic rings. The molecule has 0 unspecified atom stereocenters. The van der Waals surface area contributed by atoms with Gasteiger partial charge in [-0.15, -0.1) is 0 Å². The van der Waals surface area contributed by atoms with Gasteiger partial charge in [0.1, 0.15) is 5.69 Å². The third kappa shape index (κ3) is 2.07. The lowest BCUT2D eigenvalue weighted by atomic mass is 10.1. The Bertz CT molecular complexity index is 1050. The van der Waals surface area contributed by atoms with E-state index in [9.17, 15) is 4.79 Å². The fourth-order valence-corrected chi connectivity index (χ4v) is 2.69. The second-order valence-electron chi connectivity index (χ2n) is 5.37. The molecule has 0 amide bonds. The molecule has 4 rings (SSSR count). The van der Waals surface area contributed by atoms with E-state index < -0.39 is 0 Å². The van der Waals surface area contributed by atoms with Crippen LogP contribution in [0.4, 0.5) is 0 Å². The van der Waals surface area contributed by atoms with Crippen molar-refractivity contribution < 1.29 is 4.74 Å². The molecule has 0 saturated carbocycles. The van der Waals surface area contributed by atoms with Gasteiger partial charge >= 0.3 is 0 Å². The van der Waals surface area contributed by atoms with E-state index in [4.69, 9.17) is 4.74 Å². The maximum absolute atomic E-state index is 12.7. The summed E-state index contributed by atoms with van der Waals surface area (Å²) in [5.74, 6) is 0.438. The van der Waals surface area contributed by atoms with Crippen molar-refractivity contribution in [3.05, 3.63) is 58.6 Å². The van der Waals surface area contributed by atoms with E-state index in [-0.39, 0.29) is 5.56 Å². The first-order chi connectivity index (χ1) is 11.2. The highest BCUT2D eigenvalue weighted by Gasteiger charge is 2.19. The number of ether oxygens (including phenoxy) is 1. The normalized spacial score (nSPS) is 11.2. The average Bonchev–Trinajstić information content (AvgIpc) is 2.92. The van der Waals surface area contributed by atoms with Gasteiger partial charge in [-0.1, -0.05) is 12.1 Å². The van der Waals surface area contributed by atoms with Gasteiger partial charge in [-0.05, 0) is 24.6 Å². The summed E-state index contributed by atoms with van der Waals surface area (Å²) in [6.45, 7) is 2.03. The van der Waals surface area contributed by atoms with Gasteiger partial charge in [0.25, 0.3) is 5.56 Å². The lowest BCUT2D eigenvalue weighted by molar-refractivity contribution is 0.397. The molecule has 1 aromatic carbocycles. The number of fused-ring (bicyclic) bond motifs is 3. The van der Waals surface area contributed by atoms with Crippen LogP contribution in [0.15, 0.2) is 47.5 Å². The second-order valence-corrected chi connectivity index (χ2v) is 5.37. The van der Waals surface area contributed by atoms with Crippen molar-refractivity contribution in [1.29, 1.82) is 0 Å². The number of benzene rings is 1. The summed E-state index contributed by atoms with van der Waals surface area (Å²) in [5, 5.41) is 5.44. The lowest BCUT2D eigenvalue weighted by Crippen LogP contribution is -2.14. The van der Waals surface area contributed by atoms with Crippen LogP contribution >= 0.6 is 0 Å². The molecule has 6 heteroatoms. The number of hydrogen-bond donors (Lipinski definition) is 1. The van der Waals surface area contributed by atoms with Gasteiger partial charge in [-0.2, -0.15) is 9.78 Å². The zero-order valence-corrected chi connectivity index (χ0v) is 12.7. The average molecular weight is 306 g/mol. The fraction of sp³-hybridized carbons (Fsp3) is 0.118. The Morgan fingerprint density at radius 1 is 1.22 bits per heavy atom. The largest absolute Gasteiger partial charge is 0.481 e. The van der Waals surface area contributed by atoms with Crippen molar-refractivity contribution in [2.24, 2.45) is 0 Å². The smallest absolute Gasteiger partial charge is 0.282 e. The fourth-order valence-electron chi connectivity index (χ4n) is 2.69. The molecule has 23 heavy (non-hydrogen) atoms. The Morgan fingerprint density at radius 2 is 2.09 bits per heavy atom. The van der Waals surface area contributed by atoms with Gasteiger partial charge in [0, 0.05) is 29.4 Å². The van der Waals surface area contributed by atoms with E-state index >= 15 is 0 Å². The van der Waals surface area contributed by atoms with Crippen molar-refractivity contribution in [3.63, 3.8) is 0 Å². The van der Waals surface area contributed by atoms with Crippen molar-refractivity contribution in [3.8, 4) is 22.8 Å². The molecule has 6 nitrogen and oxygen atoms in total. The molecule has 1 N–H and O–H groups in total.